The normalized spacial score (nSPS) is 12.6. The molecule has 0 spiro atoms. The van der Waals surface area contributed by atoms with Gasteiger partial charge in [0.15, 0.2) is 5.69 Å². The van der Waals surface area contributed by atoms with Gasteiger partial charge < -0.3 is 14.6 Å². The molecule has 2 heterocycles. The van der Waals surface area contributed by atoms with E-state index < -0.39 is 12.1 Å². The van der Waals surface area contributed by atoms with Gasteiger partial charge in [0, 0.05) is 22.6 Å². The van der Waals surface area contributed by atoms with E-state index in [1.54, 1.807) is 0 Å². The number of carbonyl (C=O) groups excluding carboxylic acids is 1. The Bertz CT molecular complexity index is 1290. The lowest BCUT2D eigenvalue weighted by Gasteiger charge is -2.04. The number of fused-ring (bicyclic) bond motifs is 1. The van der Waals surface area contributed by atoms with Crippen LogP contribution in [0.4, 0.5) is 18.9 Å². The third-order valence-corrected chi connectivity index (χ3v) is 5.41. The van der Waals surface area contributed by atoms with Crippen molar-refractivity contribution in [3.8, 4) is 35.0 Å². The molecule has 4 rings (SSSR count). The van der Waals surface area contributed by atoms with Crippen LogP contribution in [-0.4, -0.2) is 23.3 Å². The molecular weight excluding hydrogens is 475 g/mol. The van der Waals surface area contributed by atoms with Gasteiger partial charge in [-0.3, -0.25) is 0 Å². The number of imidazole rings is 1. The topological polar surface area (TPSA) is 107 Å². The molecule has 3 aromatic rings. The Morgan fingerprint density at radius 3 is 2.42 bits per heavy atom. The van der Waals surface area contributed by atoms with E-state index in [1.807, 2.05) is 36.4 Å². The number of azide groups is 1. The van der Waals surface area contributed by atoms with E-state index in [1.165, 1.54) is 30.8 Å². The highest BCUT2D eigenvalue weighted by atomic mass is 19.4. The summed E-state index contributed by atoms with van der Waals surface area (Å²) in [5.41, 5.74) is 12.6. The molecule has 36 heavy (non-hydrogen) atoms. The average molecular weight is 497 g/mol. The van der Waals surface area contributed by atoms with Gasteiger partial charge in [-0.2, -0.15) is 17.7 Å². The van der Waals surface area contributed by atoms with E-state index in [2.05, 4.69) is 43.4 Å². The summed E-state index contributed by atoms with van der Waals surface area (Å²) in [6.45, 7) is 1.27. The predicted octanol–water partition coefficient (Wildman–Crippen LogP) is 4.41. The Morgan fingerprint density at radius 2 is 1.83 bits per heavy atom. The zero-order valence-corrected chi connectivity index (χ0v) is 19.1. The third kappa shape index (κ3) is 6.58. The minimum Gasteiger partial charge on any atom is -0.542 e. The Labute approximate surface area is 205 Å². The molecule has 0 atom stereocenters. The van der Waals surface area contributed by atoms with Crippen LogP contribution in [0, 0.1) is 12.3 Å². The van der Waals surface area contributed by atoms with Crippen molar-refractivity contribution in [2.45, 2.75) is 38.4 Å². The van der Waals surface area contributed by atoms with Crippen LogP contribution in [-0.2, 0) is 17.8 Å². The van der Waals surface area contributed by atoms with Crippen molar-refractivity contribution in [1.82, 2.24) is 4.57 Å². The van der Waals surface area contributed by atoms with E-state index in [-0.39, 0.29) is 6.61 Å². The second-order valence-electron chi connectivity index (χ2n) is 7.77. The molecule has 0 bridgehead atoms. The molecule has 1 aliphatic rings. The number of ether oxygens (including phenoxy) is 1. The van der Waals surface area contributed by atoms with E-state index in [0.717, 1.165) is 30.0 Å². The molecule has 0 fully saturated rings. The summed E-state index contributed by atoms with van der Waals surface area (Å²) in [6.07, 6.45) is 6.89. The Hall–Kier alpha value is -4.42. The lowest BCUT2D eigenvalue weighted by molar-refractivity contribution is -0.692. The molecule has 11 heteroatoms. The third-order valence-electron chi connectivity index (χ3n) is 5.41. The monoisotopic (exact) mass is 497 g/mol. The van der Waals surface area contributed by atoms with Gasteiger partial charge >= 0.3 is 6.18 Å². The number of carboxylic acids is 1. The number of benzene rings is 2. The van der Waals surface area contributed by atoms with Crippen molar-refractivity contribution < 1.29 is 32.4 Å². The molecular formula is C25H22F3N5O3. The molecule has 1 aromatic heterocycles. The van der Waals surface area contributed by atoms with Gasteiger partial charge in [-0.05, 0) is 49.1 Å². The first kappa shape index (κ1) is 26.2. The van der Waals surface area contributed by atoms with Gasteiger partial charge in [0.25, 0.3) is 5.82 Å². The van der Waals surface area contributed by atoms with E-state index >= 15 is 0 Å². The van der Waals surface area contributed by atoms with Gasteiger partial charge in [0.1, 0.15) is 30.2 Å². The number of aliphatic carboxylic acids is 1. The quantitative estimate of drug-likeness (QED) is 0.171. The first-order chi connectivity index (χ1) is 17.2. The van der Waals surface area contributed by atoms with E-state index in [9.17, 15) is 13.2 Å². The fourth-order valence-corrected chi connectivity index (χ4v) is 3.80. The Kier molecular flexibility index (Phi) is 8.60. The lowest BCUT2D eigenvalue weighted by atomic mass is 10.1. The van der Waals surface area contributed by atoms with Crippen LogP contribution >= 0.6 is 0 Å². The first-order valence-corrected chi connectivity index (χ1v) is 11.0. The number of halogens is 3. The molecule has 2 aromatic carbocycles. The van der Waals surface area contributed by atoms with Gasteiger partial charge in [0.05, 0.1) is 6.54 Å². The van der Waals surface area contributed by atoms with Crippen LogP contribution in [0.2, 0.25) is 0 Å². The van der Waals surface area contributed by atoms with Crippen molar-refractivity contribution in [1.29, 1.82) is 0 Å². The number of carbonyl (C=O) groups is 1. The predicted molar refractivity (Wildman–Crippen MR) is 123 cm³/mol. The fraction of sp³-hybridized carbons (Fsp3) is 0.280. The highest BCUT2D eigenvalue weighted by molar-refractivity contribution is 5.70. The smallest absolute Gasteiger partial charge is 0.430 e. The molecule has 1 aliphatic heterocycles. The molecule has 0 aliphatic carbocycles. The van der Waals surface area contributed by atoms with Crippen molar-refractivity contribution in [2.75, 3.05) is 6.61 Å². The number of carboxylic acid groups (broad SMARTS) is 1. The first-order valence-electron chi connectivity index (χ1n) is 11.0. The maximum absolute atomic E-state index is 10.5. The van der Waals surface area contributed by atoms with Crippen LogP contribution < -0.4 is 14.4 Å². The highest BCUT2D eigenvalue weighted by Gasteiger charge is 2.29. The van der Waals surface area contributed by atoms with Crippen molar-refractivity contribution in [2.24, 2.45) is 5.11 Å². The maximum Gasteiger partial charge on any atom is 0.430 e. The maximum atomic E-state index is 10.5. The number of alkyl halides is 3. The Balaban J connectivity index is 0.000000454. The summed E-state index contributed by atoms with van der Waals surface area (Å²) in [4.78, 5) is 11.6. The van der Waals surface area contributed by atoms with Crippen LogP contribution in [0.25, 0.3) is 27.4 Å². The van der Waals surface area contributed by atoms with E-state index in [4.69, 9.17) is 26.6 Å². The number of aromatic nitrogens is 2. The molecule has 0 saturated carbocycles. The molecule has 0 unspecified atom stereocenters. The molecule has 0 N–H and O–H groups in total. The minimum absolute atomic E-state index is 0.268. The summed E-state index contributed by atoms with van der Waals surface area (Å²) in [7, 11) is 0. The van der Waals surface area contributed by atoms with Crippen molar-refractivity contribution in [3.05, 3.63) is 71.0 Å². The highest BCUT2D eigenvalue weighted by Crippen LogP contribution is 2.26. The number of hydrogen-bond donors (Lipinski definition) is 0. The fourth-order valence-electron chi connectivity index (χ4n) is 3.80. The molecule has 8 nitrogen and oxygen atoms in total. The summed E-state index contributed by atoms with van der Waals surface area (Å²) < 4.78 is 41.7. The number of hydrogen-bond acceptors (Lipinski definition) is 4. The van der Waals surface area contributed by atoms with Crippen molar-refractivity contribution >= 4 is 11.7 Å². The molecule has 0 amide bonds. The summed E-state index contributed by atoms with van der Waals surface area (Å²) in [5, 5.41) is 12.5. The molecule has 0 saturated heterocycles. The largest absolute Gasteiger partial charge is 0.542 e. The van der Waals surface area contributed by atoms with Gasteiger partial charge in [0.2, 0.25) is 0 Å². The standard InChI is InChI=1S/C23H22N5O.C2HF3O2/c1-2-16-29-21-13-11-20(12-14-21)28-17-22(27-15-5-3-4-6-23(27)28)18-7-9-19(10-8-18)25-26-24;3-2(4,5)1(6)7/h1,7-14,17H,3-6,15-16H2;(H,6,7)/q+1;/p-1. The average Bonchev–Trinajstić information content (AvgIpc) is 3.04. The van der Waals surface area contributed by atoms with Crippen LogP contribution in [0.5, 0.6) is 5.75 Å². The van der Waals surface area contributed by atoms with Crippen LogP contribution in [0.1, 0.15) is 25.1 Å². The minimum atomic E-state index is -5.19. The van der Waals surface area contributed by atoms with Gasteiger partial charge in [-0.25, -0.2) is 4.57 Å². The Morgan fingerprint density at radius 1 is 1.17 bits per heavy atom. The molecule has 0 radical (unpaired) electrons. The summed E-state index contributed by atoms with van der Waals surface area (Å²) in [6, 6.07) is 15.8. The molecule has 186 valence electrons. The van der Waals surface area contributed by atoms with Gasteiger partial charge in [-0.1, -0.05) is 35.3 Å². The summed E-state index contributed by atoms with van der Waals surface area (Å²) in [5.74, 6) is 1.55. The zero-order chi connectivity index (χ0) is 26.1. The van der Waals surface area contributed by atoms with Gasteiger partial charge in [-0.15, -0.1) is 6.42 Å². The lowest BCUT2D eigenvalue weighted by Crippen LogP contribution is -2.38. The second-order valence-corrected chi connectivity index (χ2v) is 7.77. The number of terminal acetylenes is 1. The number of nitrogens with zero attached hydrogens (tertiary/aromatic N) is 5. The SMILES string of the molecule is C#CCOc1ccc(-n2cc(-c3ccc(N=[N+]=[N-])cc3)[n+]3c2CCCCC3)cc1.O=C([O-])C(F)(F)F. The van der Waals surface area contributed by atoms with Crippen molar-refractivity contribution in [3.63, 3.8) is 0 Å². The second kappa shape index (κ2) is 11.8. The summed E-state index contributed by atoms with van der Waals surface area (Å²) >= 11 is 0. The van der Waals surface area contributed by atoms with E-state index in [0.29, 0.717) is 5.69 Å². The van der Waals surface area contributed by atoms with Crippen LogP contribution in [0.15, 0.2) is 59.8 Å². The van der Waals surface area contributed by atoms with Crippen LogP contribution in [0.3, 0.4) is 0 Å². The zero-order valence-electron chi connectivity index (χ0n) is 19.1. The number of rotatable bonds is 5.